The smallest absolute Gasteiger partial charge is 0.246 e. The molecule has 27 heavy (non-hydrogen) atoms. The third kappa shape index (κ3) is 4.96. The largest absolute Gasteiger partial charge is 0.497 e. The number of hydrogen-bond acceptors (Lipinski definition) is 3. The molecule has 0 unspecified atom stereocenters. The molecule has 0 spiro atoms. The van der Waals surface area contributed by atoms with E-state index in [2.05, 4.69) is 29.7 Å². The van der Waals surface area contributed by atoms with Gasteiger partial charge in [-0.05, 0) is 35.7 Å². The van der Waals surface area contributed by atoms with Gasteiger partial charge in [0.1, 0.15) is 11.8 Å². The Hall–Kier alpha value is -3.11. The first-order chi connectivity index (χ1) is 13.2. The minimum Gasteiger partial charge on any atom is -0.497 e. The topological polar surface area (TPSA) is 50.4 Å². The lowest BCUT2D eigenvalue weighted by molar-refractivity contribution is -0.118. The predicted octanol–water partition coefficient (Wildman–Crippen LogP) is 4.47. The number of hydrogen-bond donors (Lipinski definition) is 2. The lowest BCUT2D eigenvalue weighted by Crippen LogP contribution is -2.32. The van der Waals surface area contributed by atoms with Crippen molar-refractivity contribution in [2.75, 3.05) is 12.4 Å². The maximum atomic E-state index is 13.0. The van der Waals surface area contributed by atoms with Crippen LogP contribution in [0.25, 0.3) is 0 Å². The number of methoxy groups -OCH3 is 1. The molecule has 0 radical (unpaired) electrons. The molecule has 0 fully saturated rings. The zero-order valence-corrected chi connectivity index (χ0v) is 15.6. The molecular formula is C23H24N2O2. The van der Waals surface area contributed by atoms with E-state index in [9.17, 15) is 4.79 Å². The van der Waals surface area contributed by atoms with Gasteiger partial charge in [-0.25, -0.2) is 0 Å². The summed E-state index contributed by atoms with van der Waals surface area (Å²) in [5, 5.41) is 6.38. The van der Waals surface area contributed by atoms with Crippen LogP contribution in [-0.2, 0) is 11.3 Å². The van der Waals surface area contributed by atoms with Crippen molar-refractivity contribution >= 4 is 11.6 Å². The second-order valence-electron chi connectivity index (χ2n) is 6.37. The Morgan fingerprint density at radius 3 is 2.44 bits per heavy atom. The van der Waals surface area contributed by atoms with Crippen molar-refractivity contribution < 1.29 is 9.53 Å². The summed E-state index contributed by atoms with van der Waals surface area (Å²) in [7, 11) is 1.61. The van der Waals surface area contributed by atoms with Crippen LogP contribution >= 0.6 is 0 Å². The number of benzene rings is 3. The van der Waals surface area contributed by atoms with E-state index in [1.165, 1.54) is 11.1 Å². The van der Waals surface area contributed by atoms with Crippen LogP contribution in [-0.4, -0.2) is 13.0 Å². The van der Waals surface area contributed by atoms with Crippen LogP contribution in [0.3, 0.4) is 0 Å². The Morgan fingerprint density at radius 2 is 1.70 bits per heavy atom. The highest BCUT2D eigenvalue weighted by Gasteiger charge is 2.20. The molecule has 0 heterocycles. The average Bonchev–Trinajstić information content (AvgIpc) is 2.70. The first-order valence-corrected chi connectivity index (χ1v) is 8.95. The van der Waals surface area contributed by atoms with Gasteiger partial charge >= 0.3 is 0 Å². The first kappa shape index (κ1) is 18.7. The summed E-state index contributed by atoms with van der Waals surface area (Å²) in [6.45, 7) is 2.68. The fourth-order valence-electron chi connectivity index (χ4n) is 2.94. The van der Waals surface area contributed by atoms with Crippen LogP contribution in [0.1, 0.15) is 22.7 Å². The number of ether oxygens (including phenoxy) is 1. The molecule has 3 aromatic rings. The summed E-state index contributed by atoms with van der Waals surface area (Å²) in [6.07, 6.45) is 0. The normalized spacial score (nSPS) is 11.6. The van der Waals surface area contributed by atoms with Crippen LogP contribution in [0.5, 0.6) is 5.75 Å². The number of anilines is 1. The molecule has 0 aliphatic carbocycles. The third-order valence-electron chi connectivity index (χ3n) is 4.49. The highest BCUT2D eigenvalue weighted by molar-refractivity contribution is 5.95. The molecule has 0 saturated heterocycles. The highest BCUT2D eigenvalue weighted by Crippen LogP contribution is 2.20. The summed E-state index contributed by atoms with van der Waals surface area (Å²) in [5.74, 6) is 0.597. The summed E-state index contributed by atoms with van der Waals surface area (Å²) in [5.41, 5.74) is 4.00. The highest BCUT2D eigenvalue weighted by atomic mass is 16.5. The Morgan fingerprint density at radius 1 is 0.963 bits per heavy atom. The van der Waals surface area contributed by atoms with Gasteiger partial charge in [-0.1, -0.05) is 60.7 Å². The Balaban J connectivity index is 1.79. The molecule has 3 rings (SSSR count). The fraction of sp³-hybridized carbons (Fsp3) is 0.174. The van der Waals surface area contributed by atoms with Crippen molar-refractivity contribution in [2.45, 2.75) is 19.5 Å². The van der Waals surface area contributed by atoms with Gasteiger partial charge in [-0.2, -0.15) is 0 Å². The van der Waals surface area contributed by atoms with E-state index < -0.39 is 6.04 Å². The molecule has 138 valence electrons. The average molecular weight is 360 g/mol. The van der Waals surface area contributed by atoms with E-state index in [0.717, 1.165) is 5.56 Å². The predicted molar refractivity (Wildman–Crippen MR) is 109 cm³/mol. The van der Waals surface area contributed by atoms with Crippen LogP contribution < -0.4 is 15.4 Å². The zero-order valence-electron chi connectivity index (χ0n) is 15.6. The van der Waals surface area contributed by atoms with Gasteiger partial charge in [-0.3, -0.25) is 10.1 Å². The third-order valence-corrected chi connectivity index (χ3v) is 4.49. The van der Waals surface area contributed by atoms with E-state index in [1.807, 2.05) is 60.7 Å². The molecule has 2 N–H and O–H groups in total. The van der Waals surface area contributed by atoms with Crippen LogP contribution in [0, 0.1) is 6.92 Å². The second kappa shape index (κ2) is 9.01. The van der Waals surface area contributed by atoms with Crippen LogP contribution in [0.4, 0.5) is 5.69 Å². The molecule has 1 amide bonds. The number of amides is 1. The molecule has 0 aliphatic heterocycles. The van der Waals surface area contributed by atoms with Crippen molar-refractivity contribution in [3.63, 3.8) is 0 Å². The summed E-state index contributed by atoms with van der Waals surface area (Å²) in [4.78, 5) is 13.0. The number of nitrogens with one attached hydrogen (secondary N) is 2. The van der Waals surface area contributed by atoms with Gasteiger partial charge in [-0.15, -0.1) is 0 Å². The van der Waals surface area contributed by atoms with Gasteiger partial charge in [0.15, 0.2) is 0 Å². The second-order valence-corrected chi connectivity index (χ2v) is 6.37. The minimum atomic E-state index is -0.461. The maximum absolute atomic E-state index is 13.0. The van der Waals surface area contributed by atoms with E-state index in [4.69, 9.17) is 4.74 Å². The fourth-order valence-corrected chi connectivity index (χ4v) is 2.94. The minimum absolute atomic E-state index is 0.108. The number of rotatable bonds is 7. The molecule has 1 atom stereocenters. The molecular weight excluding hydrogens is 336 g/mol. The van der Waals surface area contributed by atoms with Crippen molar-refractivity contribution in [2.24, 2.45) is 0 Å². The molecule has 0 aliphatic rings. The van der Waals surface area contributed by atoms with Gasteiger partial charge < -0.3 is 10.1 Å². The molecule has 0 bridgehead atoms. The number of carbonyl (C=O) groups excluding carboxylic acids is 1. The molecule has 4 heteroatoms. The zero-order chi connectivity index (χ0) is 19.1. The molecule has 0 aromatic heterocycles. The first-order valence-electron chi connectivity index (χ1n) is 8.95. The quantitative estimate of drug-likeness (QED) is 0.653. The van der Waals surface area contributed by atoms with Crippen molar-refractivity contribution in [3.8, 4) is 5.75 Å². The maximum Gasteiger partial charge on any atom is 0.246 e. The van der Waals surface area contributed by atoms with Gasteiger partial charge in [0.25, 0.3) is 0 Å². The lowest BCUT2D eigenvalue weighted by atomic mass is 10.0. The van der Waals surface area contributed by atoms with E-state index in [1.54, 1.807) is 13.2 Å². The summed E-state index contributed by atoms with van der Waals surface area (Å²) in [6, 6.07) is 24.8. The van der Waals surface area contributed by atoms with E-state index in [-0.39, 0.29) is 5.91 Å². The molecule has 3 aromatic carbocycles. The molecule has 4 nitrogen and oxygen atoms in total. The van der Waals surface area contributed by atoms with Crippen molar-refractivity contribution in [1.82, 2.24) is 5.32 Å². The van der Waals surface area contributed by atoms with Crippen LogP contribution in [0.2, 0.25) is 0 Å². The Kier molecular flexibility index (Phi) is 6.23. The van der Waals surface area contributed by atoms with Crippen molar-refractivity contribution in [3.05, 3.63) is 95.6 Å². The van der Waals surface area contributed by atoms with E-state index >= 15 is 0 Å². The Bertz CT molecular complexity index is 894. The Labute approximate surface area is 160 Å². The molecule has 0 saturated carbocycles. The number of carbonyl (C=O) groups is 1. The van der Waals surface area contributed by atoms with Crippen LogP contribution in [0.15, 0.2) is 78.9 Å². The number of aryl methyl sites for hydroxylation is 1. The standard InChI is InChI=1S/C23H24N2O2/c1-17-9-6-7-12-19(17)16-24-22(18-10-4-3-5-11-18)23(26)25-20-13-8-14-21(15-20)27-2/h3-15,22,24H,16H2,1-2H3,(H,25,26)/t22-/m1/s1. The SMILES string of the molecule is COc1cccc(NC(=O)[C@H](NCc2ccccc2C)c2ccccc2)c1. The van der Waals surface area contributed by atoms with Crippen molar-refractivity contribution in [1.29, 1.82) is 0 Å². The lowest BCUT2D eigenvalue weighted by Gasteiger charge is -2.20. The van der Waals surface area contributed by atoms with Gasteiger partial charge in [0.05, 0.1) is 7.11 Å². The summed E-state index contributed by atoms with van der Waals surface area (Å²) >= 11 is 0. The van der Waals surface area contributed by atoms with Gasteiger partial charge in [0.2, 0.25) is 5.91 Å². The monoisotopic (exact) mass is 360 g/mol. The van der Waals surface area contributed by atoms with E-state index in [0.29, 0.717) is 18.0 Å². The van der Waals surface area contributed by atoms with Gasteiger partial charge in [0, 0.05) is 18.3 Å². The summed E-state index contributed by atoms with van der Waals surface area (Å²) < 4.78 is 5.23.